The Hall–Kier alpha value is -3.44. The minimum atomic E-state index is -0.424. The van der Waals surface area contributed by atoms with Gasteiger partial charge in [0.15, 0.2) is 0 Å². The lowest BCUT2D eigenvalue weighted by Crippen LogP contribution is -2.36. The molecule has 0 spiro atoms. The Morgan fingerprint density at radius 1 is 0.935 bits per heavy atom. The van der Waals surface area contributed by atoms with E-state index in [0.717, 1.165) is 43.7 Å². The van der Waals surface area contributed by atoms with E-state index in [0.29, 0.717) is 6.61 Å². The van der Waals surface area contributed by atoms with Gasteiger partial charge in [0.25, 0.3) is 5.91 Å². The van der Waals surface area contributed by atoms with Crippen LogP contribution in [0, 0.1) is 0 Å². The van der Waals surface area contributed by atoms with Crippen LogP contribution in [0.15, 0.2) is 72.8 Å². The molecule has 1 amide bonds. The quantitative estimate of drug-likeness (QED) is 0.325. The summed E-state index contributed by atoms with van der Waals surface area (Å²) >= 11 is 0. The smallest absolute Gasteiger partial charge is 0.253 e. The Bertz CT molecular complexity index is 1240. The molecule has 0 saturated carbocycles. The minimum absolute atomic E-state index is 0.257. The number of para-hydroxylation sites is 1. The van der Waals surface area contributed by atoms with Crippen molar-refractivity contribution < 1.29 is 14.7 Å². The summed E-state index contributed by atoms with van der Waals surface area (Å²) in [6.45, 7) is 5.75. The maximum absolute atomic E-state index is 12.4. The average Bonchev–Trinajstić information content (AvgIpc) is 2.80. The van der Waals surface area contributed by atoms with Crippen LogP contribution in [-0.4, -0.2) is 27.2 Å². The van der Waals surface area contributed by atoms with Gasteiger partial charge < -0.3 is 4.74 Å². The Morgan fingerprint density at radius 2 is 1.65 bits per heavy atom. The zero-order valence-electron chi connectivity index (χ0n) is 17.9. The van der Waals surface area contributed by atoms with E-state index in [-0.39, 0.29) is 11.9 Å². The van der Waals surface area contributed by atoms with Gasteiger partial charge in [-0.2, -0.15) is 0 Å². The molecule has 0 aliphatic heterocycles. The first-order valence-electron chi connectivity index (χ1n) is 10.5. The van der Waals surface area contributed by atoms with Crippen LogP contribution in [0.5, 0.6) is 5.75 Å². The molecule has 1 atom stereocenters. The first-order chi connectivity index (χ1) is 14.9. The van der Waals surface area contributed by atoms with Gasteiger partial charge in [0.05, 0.1) is 23.2 Å². The summed E-state index contributed by atoms with van der Waals surface area (Å²) in [6, 6.07) is 23.6. The maximum atomic E-state index is 12.4. The van der Waals surface area contributed by atoms with Gasteiger partial charge in [0.1, 0.15) is 12.4 Å². The highest BCUT2D eigenvalue weighted by molar-refractivity contribution is 5.88. The molecule has 158 valence electrons. The van der Waals surface area contributed by atoms with E-state index in [1.54, 1.807) is 13.8 Å². The van der Waals surface area contributed by atoms with Crippen molar-refractivity contribution in [3.8, 4) is 5.75 Å². The van der Waals surface area contributed by atoms with Crippen LogP contribution in [0.3, 0.4) is 0 Å². The summed E-state index contributed by atoms with van der Waals surface area (Å²) in [6.07, 6.45) is 0. The molecule has 4 rings (SSSR count). The van der Waals surface area contributed by atoms with Gasteiger partial charge >= 0.3 is 0 Å². The SMILES string of the molecule is CC(C)N(O)C(=O)[C@@H](C)c1ccc2cc(OCc3ccc4ccccc4n3)ccc2c1. The molecule has 31 heavy (non-hydrogen) atoms. The van der Waals surface area contributed by atoms with Crippen LogP contribution in [0.2, 0.25) is 0 Å². The fourth-order valence-electron chi connectivity index (χ4n) is 3.54. The molecule has 3 aromatic carbocycles. The average molecular weight is 415 g/mol. The molecule has 0 unspecified atom stereocenters. The molecule has 4 aromatic rings. The number of aromatic nitrogens is 1. The number of hydroxylamine groups is 2. The van der Waals surface area contributed by atoms with Crippen LogP contribution >= 0.6 is 0 Å². The number of fused-ring (bicyclic) bond motifs is 2. The van der Waals surface area contributed by atoms with E-state index >= 15 is 0 Å². The third-order valence-electron chi connectivity index (χ3n) is 5.46. The molecular formula is C26H26N2O3. The molecule has 1 heterocycles. The summed E-state index contributed by atoms with van der Waals surface area (Å²) in [7, 11) is 0. The van der Waals surface area contributed by atoms with Crippen LogP contribution in [-0.2, 0) is 11.4 Å². The molecular weight excluding hydrogens is 388 g/mol. The van der Waals surface area contributed by atoms with E-state index in [2.05, 4.69) is 11.1 Å². The Balaban J connectivity index is 1.49. The number of benzene rings is 3. The lowest BCUT2D eigenvalue weighted by atomic mass is 9.96. The van der Waals surface area contributed by atoms with Crippen molar-refractivity contribution in [2.75, 3.05) is 0 Å². The van der Waals surface area contributed by atoms with E-state index in [4.69, 9.17) is 4.74 Å². The van der Waals surface area contributed by atoms with Gasteiger partial charge in [-0.3, -0.25) is 10.0 Å². The molecule has 0 fully saturated rings. The fraction of sp³-hybridized carbons (Fsp3) is 0.231. The number of carbonyl (C=O) groups excluding carboxylic acids is 1. The van der Waals surface area contributed by atoms with Crippen molar-refractivity contribution in [2.24, 2.45) is 0 Å². The summed E-state index contributed by atoms with van der Waals surface area (Å²) < 4.78 is 5.97. The monoisotopic (exact) mass is 414 g/mol. The summed E-state index contributed by atoms with van der Waals surface area (Å²) in [5.41, 5.74) is 2.70. The number of ether oxygens (including phenoxy) is 1. The largest absolute Gasteiger partial charge is 0.487 e. The molecule has 1 N–H and O–H groups in total. The van der Waals surface area contributed by atoms with Crippen LogP contribution in [0.4, 0.5) is 0 Å². The predicted molar refractivity (Wildman–Crippen MR) is 122 cm³/mol. The van der Waals surface area contributed by atoms with Crippen LogP contribution in [0.25, 0.3) is 21.7 Å². The van der Waals surface area contributed by atoms with Gasteiger partial charge in [-0.1, -0.05) is 48.5 Å². The second-order valence-electron chi connectivity index (χ2n) is 8.05. The number of hydrogen-bond donors (Lipinski definition) is 1. The second-order valence-corrected chi connectivity index (χ2v) is 8.05. The third-order valence-corrected chi connectivity index (χ3v) is 5.46. The molecule has 5 heteroatoms. The zero-order chi connectivity index (χ0) is 22.0. The number of carbonyl (C=O) groups is 1. The summed E-state index contributed by atoms with van der Waals surface area (Å²) in [4.78, 5) is 17.1. The highest BCUT2D eigenvalue weighted by Crippen LogP contribution is 2.27. The van der Waals surface area contributed by atoms with Crippen LogP contribution in [0.1, 0.15) is 37.9 Å². The molecule has 5 nitrogen and oxygen atoms in total. The van der Waals surface area contributed by atoms with Crippen molar-refractivity contribution >= 4 is 27.6 Å². The van der Waals surface area contributed by atoms with E-state index in [1.165, 1.54) is 0 Å². The number of rotatable bonds is 6. The summed E-state index contributed by atoms with van der Waals surface area (Å²) in [5, 5.41) is 13.9. The molecule has 1 aromatic heterocycles. The Morgan fingerprint density at radius 3 is 2.45 bits per heavy atom. The van der Waals surface area contributed by atoms with Gasteiger partial charge in [0, 0.05) is 5.39 Å². The summed E-state index contributed by atoms with van der Waals surface area (Å²) in [5.74, 6) is 0.0320. The van der Waals surface area contributed by atoms with Gasteiger partial charge in [0.2, 0.25) is 0 Å². The van der Waals surface area contributed by atoms with Crippen molar-refractivity contribution in [3.63, 3.8) is 0 Å². The number of nitrogens with zero attached hydrogens (tertiary/aromatic N) is 2. The molecule has 0 aliphatic carbocycles. The predicted octanol–water partition coefficient (Wildman–Crippen LogP) is 5.70. The second kappa shape index (κ2) is 8.74. The van der Waals surface area contributed by atoms with Crippen molar-refractivity contribution in [2.45, 2.75) is 39.3 Å². The standard InChI is InChI=1S/C26H26N2O3/c1-17(2)28(30)26(29)18(3)20-8-9-22-15-24(13-11-21(22)14-20)31-16-23-12-10-19-6-4-5-7-25(19)27-23/h4-15,17-18,30H,16H2,1-3H3/t18-/m0/s1. The van der Waals surface area contributed by atoms with E-state index in [1.807, 2.05) is 73.7 Å². The van der Waals surface area contributed by atoms with Crippen LogP contribution < -0.4 is 4.74 Å². The van der Waals surface area contributed by atoms with Crippen molar-refractivity contribution in [1.29, 1.82) is 0 Å². The van der Waals surface area contributed by atoms with Gasteiger partial charge in [-0.25, -0.2) is 10.0 Å². The normalized spacial score (nSPS) is 12.3. The highest BCUT2D eigenvalue weighted by atomic mass is 16.5. The lowest BCUT2D eigenvalue weighted by Gasteiger charge is -2.23. The molecule has 0 bridgehead atoms. The van der Waals surface area contributed by atoms with Crippen molar-refractivity contribution in [1.82, 2.24) is 10.0 Å². The third kappa shape index (κ3) is 4.52. The van der Waals surface area contributed by atoms with Crippen molar-refractivity contribution in [3.05, 3.63) is 84.1 Å². The first-order valence-corrected chi connectivity index (χ1v) is 10.5. The Labute approximate surface area is 181 Å². The Kier molecular flexibility index (Phi) is 5.87. The molecule has 0 radical (unpaired) electrons. The lowest BCUT2D eigenvalue weighted by molar-refractivity contribution is -0.174. The maximum Gasteiger partial charge on any atom is 0.253 e. The number of amides is 1. The van der Waals surface area contributed by atoms with Gasteiger partial charge in [-0.15, -0.1) is 0 Å². The van der Waals surface area contributed by atoms with Gasteiger partial charge in [-0.05, 0) is 61.4 Å². The fourth-order valence-corrected chi connectivity index (χ4v) is 3.54. The first kappa shape index (κ1) is 20.8. The topological polar surface area (TPSA) is 62.7 Å². The number of pyridine rings is 1. The minimum Gasteiger partial charge on any atom is -0.487 e. The highest BCUT2D eigenvalue weighted by Gasteiger charge is 2.23. The van der Waals surface area contributed by atoms with E-state index in [9.17, 15) is 10.0 Å². The molecule has 0 saturated heterocycles. The van der Waals surface area contributed by atoms with E-state index < -0.39 is 5.92 Å². The molecule has 0 aliphatic rings. The zero-order valence-corrected chi connectivity index (χ0v) is 17.9. The number of hydrogen-bond acceptors (Lipinski definition) is 4.